The lowest BCUT2D eigenvalue weighted by atomic mass is 9.97. The van der Waals surface area contributed by atoms with E-state index in [1.165, 1.54) is 6.42 Å². The van der Waals surface area contributed by atoms with Crippen molar-refractivity contribution in [3.63, 3.8) is 0 Å². The summed E-state index contributed by atoms with van der Waals surface area (Å²) in [5.41, 5.74) is 10.9. The normalized spacial score (nSPS) is 23.2. The molecule has 6 heterocycles. The van der Waals surface area contributed by atoms with E-state index < -0.39 is 0 Å². The van der Waals surface area contributed by atoms with Gasteiger partial charge in [-0.1, -0.05) is 17.7 Å². The van der Waals surface area contributed by atoms with Gasteiger partial charge in [0.25, 0.3) is 0 Å². The van der Waals surface area contributed by atoms with Gasteiger partial charge in [0.15, 0.2) is 5.65 Å². The van der Waals surface area contributed by atoms with Crippen LogP contribution in [-0.2, 0) is 7.05 Å². The number of benzene rings is 1. The Hall–Kier alpha value is -3.10. The second-order valence-corrected chi connectivity index (χ2v) is 9.10. The second kappa shape index (κ2) is 5.99. The number of imidazole rings is 1. The van der Waals surface area contributed by atoms with Gasteiger partial charge in [-0.25, -0.2) is 4.98 Å². The van der Waals surface area contributed by atoms with Crippen LogP contribution in [0.25, 0.3) is 38.7 Å². The van der Waals surface area contributed by atoms with Crippen LogP contribution in [-0.4, -0.2) is 47.3 Å². The molecule has 0 radical (unpaired) electrons. The maximum absolute atomic E-state index is 6.83. The molecule has 2 saturated heterocycles. The SMILES string of the molecule is Cn1cc2c(Cl)c(-c3c[nH]c4nc(N5[C@H]6CC[C@@H]5[C@H](N)C6)n5ccnc5c34)ccc2n1. The number of nitrogens with two attached hydrogens (primary N) is 1. The highest BCUT2D eigenvalue weighted by atomic mass is 35.5. The summed E-state index contributed by atoms with van der Waals surface area (Å²) in [4.78, 5) is 15.5. The Morgan fingerprint density at radius 3 is 2.94 bits per heavy atom. The molecule has 1 aromatic carbocycles. The summed E-state index contributed by atoms with van der Waals surface area (Å²) in [6.45, 7) is 0. The molecule has 3 N–H and O–H groups in total. The second-order valence-electron chi connectivity index (χ2n) is 8.73. The highest BCUT2D eigenvalue weighted by Gasteiger charge is 2.46. The third-order valence-corrected chi connectivity index (χ3v) is 7.40. The highest BCUT2D eigenvalue weighted by molar-refractivity contribution is 6.38. The van der Waals surface area contributed by atoms with Crippen molar-refractivity contribution in [1.82, 2.24) is 29.1 Å². The molecule has 0 aliphatic carbocycles. The Labute approximate surface area is 182 Å². The fourth-order valence-electron chi connectivity index (χ4n) is 5.66. The summed E-state index contributed by atoms with van der Waals surface area (Å²) < 4.78 is 3.88. The van der Waals surface area contributed by atoms with Gasteiger partial charge in [-0.15, -0.1) is 0 Å². The predicted octanol–water partition coefficient (Wildman–Crippen LogP) is 3.49. The van der Waals surface area contributed by atoms with Crippen LogP contribution in [0.2, 0.25) is 5.02 Å². The fraction of sp³-hybridized carbons (Fsp3) is 0.318. The number of nitrogens with zero attached hydrogens (tertiary/aromatic N) is 6. The largest absolute Gasteiger partial charge is 0.345 e. The molecule has 5 aromatic rings. The van der Waals surface area contributed by atoms with E-state index in [2.05, 4.69) is 19.4 Å². The molecule has 2 aliphatic rings. The van der Waals surface area contributed by atoms with Gasteiger partial charge < -0.3 is 15.6 Å². The molecule has 2 aliphatic heterocycles. The minimum atomic E-state index is 0.207. The molecule has 8 nitrogen and oxygen atoms in total. The monoisotopic (exact) mass is 432 g/mol. The first kappa shape index (κ1) is 17.6. The number of anilines is 1. The first-order chi connectivity index (χ1) is 15.1. The van der Waals surface area contributed by atoms with Crippen LogP contribution in [0.4, 0.5) is 5.95 Å². The first-order valence-corrected chi connectivity index (χ1v) is 11.0. The van der Waals surface area contributed by atoms with Gasteiger partial charge in [0.1, 0.15) is 5.65 Å². The number of aromatic amines is 1. The zero-order chi connectivity index (χ0) is 20.9. The molecule has 3 atom stereocenters. The van der Waals surface area contributed by atoms with Crippen LogP contribution in [0.1, 0.15) is 19.3 Å². The van der Waals surface area contributed by atoms with Crippen LogP contribution in [0.15, 0.2) is 36.9 Å². The Morgan fingerprint density at radius 2 is 2.13 bits per heavy atom. The summed E-state index contributed by atoms with van der Waals surface area (Å²) in [6, 6.07) is 5.03. The molecule has 0 saturated carbocycles. The minimum Gasteiger partial charge on any atom is -0.345 e. The number of rotatable bonds is 2. The topological polar surface area (TPSA) is 93.1 Å². The van der Waals surface area contributed by atoms with E-state index >= 15 is 0 Å². The zero-order valence-electron chi connectivity index (χ0n) is 17.0. The Balaban J connectivity index is 1.47. The third-order valence-electron chi connectivity index (χ3n) is 7.00. The van der Waals surface area contributed by atoms with Crippen molar-refractivity contribution in [1.29, 1.82) is 0 Å². The van der Waals surface area contributed by atoms with Crippen molar-refractivity contribution in [3.05, 3.63) is 41.9 Å². The van der Waals surface area contributed by atoms with Crippen molar-refractivity contribution in [2.45, 2.75) is 37.4 Å². The lowest BCUT2D eigenvalue weighted by molar-refractivity contribution is 0.503. The van der Waals surface area contributed by atoms with Crippen LogP contribution < -0.4 is 10.6 Å². The maximum Gasteiger partial charge on any atom is 0.213 e. The maximum atomic E-state index is 6.83. The molecule has 0 unspecified atom stereocenters. The number of H-pyrrole nitrogens is 1. The molecule has 156 valence electrons. The van der Waals surface area contributed by atoms with Crippen molar-refractivity contribution in [2.75, 3.05) is 4.90 Å². The van der Waals surface area contributed by atoms with Crippen LogP contribution in [0.5, 0.6) is 0 Å². The number of halogens is 1. The number of hydrogen-bond donors (Lipinski definition) is 2. The molecule has 0 amide bonds. The van der Waals surface area contributed by atoms with Crippen molar-refractivity contribution >= 4 is 45.1 Å². The molecule has 4 aromatic heterocycles. The van der Waals surface area contributed by atoms with Gasteiger partial charge in [0.2, 0.25) is 5.95 Å². The summed E-state index contributed by atoms with van der Waals surface area (Å²) in [6.07, 6.45) is 11.1. The minimum absolute atomic E-state index is 0.207. The summed E-state index contributed by atoms with van der Waals surface area (Å²) in [5, 5.41) is 7.05. The number of nitrogens with one attached hydrogen (secondary N) is 1. The van der Waals surface area contributed by atoms with Gasteiger partial charge in [0, 0.05) is 66.5 Å². The van der Waals surface area contributed by atoms with E-state index in [1.807, 2.05) is 44.0 Å². The van der Waals surface area contributed by atoms with Gasteiger partial charge in [-0.2, -0.15) is 10.1 Å². The van der Waals surface area contributed by atoms with E-state index in [0.717, 1.165) is 57.5 Å². The highest BCUT2D eigenvalue weighted by Crippen LogP contribution is 2.42. The predicted molar refractivity (Wildman–Crippen MR) is 121 cm³/mol. The van der Waals surface area contributed by atoms with Gasteiger partial charge >= 0.3 is 0 Å². The van der Waals surface area contributed by atoms with Crippen molar-refractivity contribution < 1.29 is 0 Å². The molecule has 9 heteroatoms. The lowest BCUT2D eigenvalue weighted by Gasteiger charge is -2.25. The molecular weight excluding hydrogens is 412 g/mol. The summed E-state index contributed by atoms with van der Waals surface area (Å²) in [5.74, 6) is 0.919. The van der Waals surface area contributed by atoms with Crippen molar-refractivity contribution in [3.8, 4) is 11.1 Å². The zero-order valence-corrected chi connectivity index (χ0v) is 17.7. The molecule has 0 spiro atoms. The lowest BCUT2D eigenvalue weighted by Crippen LogP contribution is -2.38. The molecule has 7 rings (SSSR count). The average Bonchev–Trinajstić information content (AvgIpc) is 3.54. The van der Waals surface area contributed by atoms with Crippen LogP contribution in [0.3, 0.4) is 0 Å². The fourth-order valence-corrected chi connectivity index (χ4v) is 5.97. The number of aryl methyl sites for hydroxylation is 1. The first-order valence-electron chi connectivity index (χ1n) is 10.6. The third kappa shape index (κ3) is 2.26. The smallest absolute Gasteiger partial charge is 0.213 e. The Bertz CT molecular complexity index is 1490. The van der Waals surface area contributed by atoms with Crippen LogP contribution in [0, 0.1) is 0 Å². The van der Waals surface area contributed by atoms with Gasteiger partial charge in [-0.05, 0) is 25.3 Å². The van der Waals surface area contributed by atoms with Crippen molar-refractivity contribution in [2.24, 2.45) is 12.8 Å². The summed E-state index contributed by atoms with van der Waals surface area (Å²) >= 11 is 6.83. The Kier molecular flexibility index (Phi) is 3.39. The van der Waals surface area contributed by atoms with Gasteiger partial charge in [-0.3, -0.25) is 9.08 Å². The van der Waals surface area contributed by atoms with E-state index in [4.69, 9.17) is 27.3 Å². The molecule has 2 fully saturated rings. The van der Waals surface area contributed by atoms with E-state index in [1.54, 1.807) is 4.68 Å². The van der Waals surface area contributed by atoms with E-state index in [-0.39, 0.29) is 6.04 Å². The van der Waals surface area contributed by atoms with E-state index in [9.17, 15) is 0 Å². The van der Waals surface area contributed by atoms with Gasteiger partial charge in [0.05, 0.1) is 15.9 Å². The molecular formula is C22H21ClN8. The number of hydrogen-bond acceptors (Lipinski definition) is 5. The standard InChI is InChI=1S/C22H21ClN8/c1-29-10-14-16(28-29)4-3-12(19(14)23)13-9-26-20-18(13)21-25-6-7-30(21)22(27-20)31-11-2-5-17(31)15(24)8-11/h3-4,6-7,9-11,15,17,26H,2,5,8,24H2,1H3/t11-,15+,17+/m0/s1. The van der Waals surface area contributed by atoms with Crippen LogP contribution >= 0.6 is 11.6 Å². The number of fused-ring (bicyclic) bond motifs is 6. The average molecular weight is 433 g/mol. The summed E-state index contributed by atoms with van der Waals surface area (Å²) in [7, 11) is 1.90. The molecule has 2 bridgehead atoms. The quantitative estimate of drug-likeness (QED) is 0.445. The molecule has 31 heavy (non-hydrogen) atoms. The van der Waals surface area contributed by atoms with E-state index in [0.29, 0.717) is 17.1 Å². The Morgan fingerprint density at radius 1 is 1.23 bits per heavy atom. The number of aromatic nitrogens is 6.